The van der Waals surface area contributed by atoms with Crippen molar-refractivity contribution in [2.24, 2.45) is 11.7 Å². The van der Waals surface area contributed by atoms with Gasteiger partial charge in [-0.2, -0.15) is 0 Å². The van der Waals surface area contributed by atoms with Crippen LogP contribution in [0.2, 0.25) is 0 Å². The van der Waals surface area contributed by atoms with Gasteiger partial charge in [0.25, 0.3) is 0 Å². The minimum atomic E-state index is -0.317. The fourth-order valence-corrected chi connectivity index (χ4v) is 1.00. The lowest BCUT2D eigenvalue weighted by Gasteiger charge is -2.18. The van der Waals surface area contributed by atoms with Gasteiger partial charge in [-0.3, -0.25) is 0 Å². The second-order valence-electron chi connectivity index (χ2n) is 3.27. The highest BCUT2D eigenvalue weighted by Crippen LogP contribution is 2.07. The summed E-state index contributed by atoms with van der Waals surface area (Å²) >= 11 is 0. The third-order valence-electron chi connectivity index (χ3n) is 1.66. The Morgan fingerprint density at radius 1 is 1.40 bits per heavy atom. The van der Waals surface area contributed by atoms with E-state index in [-0.39, 0.29) is 12.1 Å². The van der Waals surface area contributed by atoms with Crippen LogP contribution in [0.1, 0.15) is 33.6 Å². The fraction of sp³-hybridized carbons (Fsp3) is 1.00. The Bertz CT molecular complexity index is 83.3. The molecule has 2 atom stereocenters. The van der Waals surface area contributed by atoms with Gasteiger partial charge in [0.05, 0.1) is 6.10 Å². The molecule has 0 aliphatic rings. The smallest absolute Gasteiger partial charge is 0.0688 e. The summed E-state index contributed by atoms with van der Waals surface area (Å²) in [6.07, 6.45) is 1.35. The zero-order valence-corrected chi connectivity index (χ0v) is 7.17. The molecule has 0 rings (SSSR count). The van der Waals surface area contributed by atoms with Crippen LogP contribution in [0.4, 0.5) is 0 Å². The van der Waals surface area contributed by atoms with Crippen molar-refractivity contribution in [3.05, 3.63) is 0 Å². The van der Waals surface area contributed by atoms with E-state index in [2.05, 4.69) is 13.8 Å². The molecule has 0 amide bonds. The quantitative estimate of drug-likeness (QED) is 0.623. The number of aliphatic hydroxyl groups is 1. The minimum Gasteiger partial charge on any atom is -0.392 e. The van der Waals surface area contributed by atoms with Gasteiger partial charge >= 0.3 is 0 Å². The third-order valence-corrected chi connectivity index (χ3v) is 1.66. The average molecular weight is 145 g/mol. The first kappa shape index (κ1) is 9.92. The van der Waals surface area contributed by atoms with E-state index in [9.17, 15) is 5.11 Å². The molecule has 0 aliphatic heterocycles. The van der Waals surface area contributed by atoms with Crippen molar-refractivity contribution in [3.8, 4) is 0 Å². The largest absolute Gasteiger partial charge is 0.392 e. The Labute approximate surface area is 63.4 Å². The Morgan fingerprint density at radius 3 is 2.20 bits per heavy atom. The van der Waals surface area contributed by atoms with E-state index in [1.54, 1.807) is 0 Å². The van der Waals surface area contributed by atoms with Crippen molar-refractivity contribution < 1.29 is 5.11 Å². The predicted octanol–water partition coefficient (Wildman–Crippen LogP) is 1.13. The van der Waals surface area contributed by atoms with Gasteiger partial charge < -0.3 is 10.8 Å². The maximum atomic E-state index is 9.25. The molecule has 2 nitrogen and oxygen atoms in total. The molecule has 10 heavy (non-hydrogen) atoms. The van der Waals surface area contributed by atoms with Crippen LogP contribution < -0.4 is 5.73 Å². The molecule has 0 spiro atoms. The fourth-order valence-electron chi connectivity index (χ4n) is 1.00. The molecule has 1 unspecified atom stereocenters. The third kappa shape index (κ3) is 3.85. The molecule has 0 saturated carbocycles. The Morgan fingerprint density at radius 2 is 1.90 bits per heavy atom. The van der Waals surface area contributed by atoms with E-state index < -0.39 is 0 Å². The first-order valence-corrected chi connectivity index (χ1v) is 4.01. The van der Waals surface area contributed by atoms with Crippen LogP contribution in [-0.4, -0.2) is 17.3 Å². The molecule has 0 bridgehead atoms. The highest BCUT2D eigenvalue weighted by molar-refractivity contribution is 4.71. The summed E-state index contributed by atoms with van der Waals surface area (Å²) in [6.45, 7) is 6.18. The number of hydrogen-bond acceptors (Lipinski definition) is 2. The van der Waals surface area contributed by atoms with Crippen LogP contribution >= 0.6 is 0 Å². The number of rotatable bonds is 4. The van der Waals surface area contributed by atoms with E-state index in [1.165, 1.54) is 0 Å². The highest BCUT2D eigenvalue weighted by atomic mass is 16.3. The molecule has 0 aromatic heterocycles. The molecule has 2 heteroatoms. The molecular weight excluding hydrogens is 126 g/mol. The lowest BCUT2D eigenvalue weighted by Crippen LogP contribution is -2.35. The average Bonchev–Trinajstić information content (AvgIpc) is 1.85. The lowest BCUT2D eigenvalue weighted by atomic mass is 9.99. The molecule has 0 aromatic carbocycles. The van der Waals surface area contributed by atoms with E-state index in [0.29, 0.717) is 5.92 Å². The molecule has 62 valence electrons. The van der Waals surface area contributed by atoms with Crippen LogP contribution in [0, 0.1) is 5.92 Å². The van der Waals surface area contributed by atoms with E-state index >= 15 is 0 Å². The van der Waals surface area contributed by atoms with Gasteiger partial charge in [-0.25, -0.2) is 0 Å². The van der Waals surface area contributed by atoms with Gasteiger partial charge in [0.2, 0.25) is 0 Å². The highest BCUT2D eigenvalue weighted by Gasteiger charge is 2.13. The summed E-state index contributed by atoms with van der Waals surface area (Å²) in [4.78, 5) is 0. The molecule has 0 aliphatic carbocycles. The molecule has 0 saturated heterocycles. The van der Waals surface area contributed by atoms with Crippen LogP contribution in [0.15, 0.2) is 0 Å². The van der Waals surface area contributed by atoms with Crippen molar-refractivity contribution >= 4 is 0 Å². The van der Waals surface area contributed by atoms with E-state index in [4.69, 9.17) is 5.73 Å². The lowest BCUT2D eigenvalue weighted by molar-refractivity contribution is 0.130. The standard InChI is InChI=1S/C8H19NO/c1-4-8(10)7(9)5-6(2)3/h6-8,10H,4-5,9H2,1-3H3/t7-,8?/m0/s1. The topological polar surface area (TPSA) is 46.2 Å². The van der Waals surface area contributed by atoms with Gasteiger partial charge in [0, 0.05) is 6.04 Å². The molecule has 0 fully saturated rings. The first-order valence-electron chi connectivity index (χ1n) is 4.01. The zero-order valence-electron chi connectivity index (χ0n) is 7.17. The van der Waals surface area contributed by atoms with Crippen molar-refractivity contribution in [3.63, 3.8) is 0 Å². The van der Waals surface area contributed by atoms with Crippen LogP contribution in [0.3, 0.4) is 0 Å². The zero-order chi connectivity index (χ0) is 8.15. The molecule has 0 radical (unpaired) electrons. The number of nitrogens with two attached hydrogens (primary N) is 1. The Hall–Kier alpha value is -0.0800. The number of aliphatic hydroxyl groups excluding tert-OH is 1. The SMILES string of the molecule is CCC(O)[C@@H](N)CC(C)C. The normalized spacial score (nSPS) is 17.4. The van der Waals surface area contributed by atoms with Crippen molar-refractivity contribution in [2.75, 3.05) is 0 Å². The Balaban J connectivity index is 3.50. The molecule has 0 heterocycles. The summed E-state index contributed by atoms with van der Waals surface area (Å²) in [7, 11) is 0. The number of hydrogen-bond donors (Lipinski definition) is 2. The maximum Gasteiger partial charge on any atom is 0.0688 e. The summed E-state index contributed by atoms with van der Waals surface area (Å²) in [6, 6.07) is -0.0370. The van der Waals surface area contributed by atoms with Gasteiger partial charge in [-0.15, -0.1) is 0 Å². The molecule has 3 N–H and O–H groups in total. The summed E-state index contributed by atoms with van der Waals surface area (Å²) in [5, 5.41) is 9.25. The summed E-state index contributed by atoms with van der Waals surface area (Å²) < 4.78 is 0. The summed E-state index contributed by atoms with van der Waals surface area (Å²) in [5.74, 6) is 0.580. The van der Waals surface area contributed by atoms with Crippen LogP contribution in [-0.2, 0) is 0 Å². The predicted molar refractivity (Wildman–Crippen MR) is 43.7 cm³/mol. The summed E-state index contributed by atoms with van der Waals surface area (Å²) in [5.41, 5.74) is 5.68. The van der Waals surface area contributed by atoms with Crippen molar-refractivity contribution in [2.45, 2.75) is 45.8 Å². The maximum absolute atomic E-state index is 9.25. The van der Waals surface area contributed by atoms with Gasteiger partial charge in [-0.05, 0) is 18.8 Å². The first-order chi connectivity index (χ1) is 4.57. The monoisotopic (exact) mass is 145 g/mol. The second-order valence-corrected chi connectivity index (χ2v) is 3.27. The molecular formula is C8H19NO. The van der Waals surface area contributed by atoms with Crippen molar-refractivity contribution in [1.82, 2.24) is 0 Å². The van der Waals surface area contributed by atoms with Gasteiger partial charge in [-0.1, -0.05) is 20.8 Å². The minimum absolute atomic E-state index is 0.0370. The Kier molecular flexibility index (Phi) is 4.65. The molecule has 0 aromatic rings. The second kappa shape index (κ2) is 4.69. The van der Waals surface area contributed by atoms with Gasteiger partial charge in [0.15, 0.2) is 0 Å². The van der Waals surface area contributed by atoms with Crippen LogP contribution in [0.5, 0.6) is 0 Å². The van der Waals surface area contributed by atoms with Crippen LogP contribution in [0.25, 0.3) is 0 Å². The van der Waals surface area contributed by atoms with E-state index in [1.807, 2.05) is 6.92 Å². The van der Waals surface area contributed by atoms with Gasteiger partial charge in [0.1, 0.15) is 0 Å². The van der Waals surface area contributed by atoms with E-state index in [0.717, 1.165) is 12.8 Å². The van der Waals surface area contributed by atoms with Crippen molar-refractivity contribution in [1.29, 1.82) is 0 Å².